The molecule has 16 heavy (non-hydrogen) atoms. The molecule has 0 fully saturated rings. The molecular formula is C11H7BrClN3. The lowest BCUT2D eigenvalue weighted by Gasteiger charge is -2.05. The second kappa shape index (κ2) is 4.28. The molecule has 3 nitrogen and oxygen atoms in total. The topological polar surface area (TPSA) is 41.6 Å². The molecule has 0 aliphatic rings. The number of aromatic nitrogens is 2. The van der Waals surface area contributed by atoms with Gasteiger partial charge < -0.3 is 0 Å². The molecule has 5 heteroatoms. The monoisotopic (exact) mass is 295 g/mol. The van der Waals surface area contributed by atoms with Gasteiger partial charge in [-0.2, -0.15) is 10.4 Å². The standard InChI is InChI=1S/C11H7BrClN3/c1-16-11(10(12)6-15-16)9-3-2-8(13)4-7(9)5-14/h2-4,6H,1H3. The average molecular weight is 297 g/mol. The molecule has 0 radical (unpaired) electrons. The summed E-state index contributed by atoms with van der Waals surface area (Å²) in [7, 11) is 1.83. The Labute approximate surface area is 106 Å². The van der Waals surface area contributed by atoms with Crippen molar-refractivity contribution in [3.63, 3.8) is 0 Å². The Morgan fingerprint density at radius 3 is 2.81 bits per heavy atom. The van der Waals surface area contributed by atoms with Crippen molar-refractivity contribution in [1.29, 1.82) is 5.26 Å². The van der Waals surface area contributed by atoms with Crippen molar-refractivity contribution in [2.24, 2.45) is 7.05 Å². The van der Waals surface area contributed by atoms with Crippen LogP contribution in [0.4, 0.5) is 0 Å². The number of halogens is 2. The van der Waals surface area contributed by atoms with Crippen LogP contribution in [0.5, 0.6) is 0 Å². The Hall–Kier alpha value is -1.31. The molecule has 0 spiro atoms. The fourth-order valence-corrected chi connectivity index (χ4v) is 2.26. The predicted octanol–water partition coefficient (Wildman–Crippen LogP) is 3.37. The maximum Gasteiger partial charge on any atom is 0.0999 e. The minimum atomic E-state index is 0.539. The average Bonchev–Trinajstić information content (AvgIpc) is 2.59. The summed E-state index contributed by atoms with van der Waals surface area (Å²) in [4.78, 5) is 0. The molecule has 80 valence electrons. The van der Waals surface area contributed by atoms with Crippen molar-refractivity contribution in [2.75, 3.05) is 0 Å². The fraction of sp³-hybridized carbons (Fsp3) is 0.0909. The molecule has 0 aliphatic carbocycles. The predicted molar refractivity (Wildman–Crippen MR) is 66.1 cm³/mol. The van der Waals surface area contributed by atoms with Crippen molar-refractivity contribution in [3.8, 4) is 17.3 Å². The zero-order valence-electron chi connectivity index (χ0n) is 8.41. The Morgan fingerprint density at radius 1 is 1.50 bits per heavy atom. The van der Waals surface area contributed by atoms with E-state index in [9.17, 15) is 0 Å². The second-order valence-electron chi connectivity index (χ2n) is 3.27. The zero-order chi connectivity index (χ0) is 11.7. The Kier molecular flexibility index (Phi) is 2.99. The van der Waals surface area contributed by atoms with Crippen LogP contribution in [-0.2, 0) is 7.05 Å². The summed E-state index contributed by atoms with van der Waals surface area (Å²) in [6.07, 6.45) is 1.70. The maximum absolute atomic E-state index is 9.07. The number of hydrogen-bond donors (Lipinski definition) is 0. The molecule has 0 atom stereocenters. The third-order valence-corrected chi connectivity index (χ3v) is 3.07. The molecule has 0 N–H and O–H groups in total. The molecule has 0 saturated carbocycles. The quantitative estimate of drug-likeness (QED) is 0.809. The van der Waals surface area contributed by atoms with Crippen molar-refractivity contribution >= 4 is 27.5 Å². The van der Waals surface area contributed by atoms with E-state index in [0.717, 1.165) is 15.7 Å². The van der Waals surface area contributed by atoms with E-state index in [1.165, 1.54) is 0 Å². The van der Waals surface area contributed by atoms with Crippen molar-refractivity contribution in [1.82, 2.24) is 9.78 Å². The van der Waals surface area contributed by atoms with Crippen LogP contribution in [-0.4, -0.2) is 9.78 Å². The number of rotatable bonds is 1. The van der Waals surface area contributed by atoms with Crippen LogP contribution in [0.1, 0.15) is 5.56 Å². The molecule has 0 unspecified atom stereocenters. The van der Waals surface area contributed by atoms with Gasteiger partial charge in [0.1, 0.15) is 0 Å². The highest BCUT2D eigenvalue weighted by molar-refractivity contribution is 9.10. The fourth-order valence-electron chi connectivity index (χ4n) is 1.53. The first-order chi connectivity index (χ1) is 7.63. The van der Waals surface area contributed by atoms with E-state index in [2.05, 4.69) is 27.1 Å². The molecule has 2 rings (SSSR count). The van der Waals surface area contributed by atoms with E-state index < -0.39 is 0 Å². The highest BCUT2D eigenvalue weighted by Gasteiger charge is 2.13. The molecular weight excluding hydrogens is 289 g/mol. The number of hydrogen-bond acceptors (Lipinski definition) is 2. The molecule has 0 aliphatic heterocycles. The largest absolute Gasteiger partial charge is 0.267 e. The summed E-state index contributed by atoms with van der Waals surface area (Å²) in [5.74, 6) is 0. The van der Waals surface area contributed by atoms with Gasteiger partial charge in [0.25, 0.3) is 0 Å². The molecule has 1 aromatic carbocycles. The molecule has 1 aromatic heterocycles. The highest BCUT2D eigenvalue weighted by Crippen LogP contribution is 2.31. The summed E-state index contributed by atoms with van der Waals surface area (Å²) in [5.41, 5.74) is 2.23. The van der Waals surface area contributed by atoms with Gasteiger partial charge >= 0.3 is 0 Å². The van der Waals surface area contributed by atoms with Crippen LogP contribution >= 0.6 is 27.5 Å². The van der Waals surface area contributed by atoms with Gasteiger partial charge in [0.2, 0.25) is 0 Å². The van der Waals surface area contributed by atoms with E-state index in [-0.39, 0.29) is 0 Å². The first-order valence-electron chi connectivity index (χ1n) is 4.51. The summed E-state index contributed by atoms with van der Waals surface area (Å²) >= 11 is 9.26. The molecule has 1 heterocycles. The lowest BCUT2D eigenvalue weighted by molar-refractivity contribution is 0.775. The van der Waals surface area contributed by atoms with Gasteiger partial charge in [-0.1, -0.05) is 11.6 Å². The van der Waals surface area contributed by atoms with Crippen LogP contribution < -0.4 is 0 Å². The summed E-state index contributed by atoms with van der Waals surface area (Å²) in [6, 6.07) is 7.37. The van der Waals surface area contributed by atoms with E-state index in [1.54, 1.807) is 23.0 Å². The van der Waals surface area contributed by atoms with Crippen LogP contribution in [0.15, 0.2) is 28.9 Å². The molecule has 0 bridgehead atoms. The molecule has 0 amide bonds. The smallest absolute Gasteiger partial charge is 0.0999 e. The Bertz CT molecular complexity index is 564. The van der Waals surface area contributed by atoms with Crippen molar-refractivity contribution in [2.45, 2.75) is 0 Å². The van der Waals surface area contributed by atoms with Gasteiger partial charge in [-0.25, -0.2) is 0 Å². The number of benzene rings is 1. The molecule has 0 saturated heterocycles. The van der Waals surface area contributed by atoms with Crippen LogP contribution in [0.2, 0.25) is 5.02 Å². The lowest BCUT2D eigenvalue weighted by Crippen LogP contribution is -1.95. The summed E-state index contributed by atoms with van der Waals surface area (Å²) in [6.45, 7) is 0. The van der Waals surface area contributed by atoms with Gasteiger partial charge in [-0.3, -0.25) is 4.68 Å². The van der Waals surface area contributed by atoms with Crippen molar-refractivity contribution in [3.05, 3.63) is 39.5 Å². The van der Waals surface area contributed by atoms with Crippen LogP contribution in [0.3, 0.4) is 0 Å². The zero-order valence-corrected chi connectivity index (χ0v) is 10.7. The highest BCUT2D eigenvalue weighted by atomic mass is 79.9. The third kappa shape index (κ3) is 1.84. The minimum absolute atomic E-state index is 0.539. The van der Waals surface area contributed by atoms with Crippen LogP contribution in [0, 0.1) is 11.3 Å². The van der Waals surface area contributed by atoms with Gasteiger partial charge in [-0.05, 0) is 34.1 Å². The van der Waals surface area contributed by atoms with E-state index in [1.807, 2.05) is 13.1 Å². The second-order valence-corrected chi connectivity index (χ2v) is 4.56. The first-order valence-corrected chi connectivity index (χ1v) is 5.68. The van der Waals surface area contributed by atoms with Crippen LogP contribution in [0.25, 0.3) is 11.3 Å². The lowest BCUT2D eigenvalue weighted by atomic mass is 10.1. The Morgan fingerprint density at radius 2 is 2.25 bits per heavy atom. The Balaban J connectivity index is 2.70. The van der Waals surface area contributed by atoms with Crippen molar-refractivity contribution < 1.29 is 0 Å². The maximum atomic E-state index is 9.07. The number of nitriles is 1. The normalized spacial score (nSPS) is 10.1. The summed E-state index contributed by atoms with van der Waals surface area (Å²) in [5, 5.41) is 13.7. The van der Waals surface area contributed by atoms with E-state index in [4.69, 9.17) is 16.9 Å². The third-order valence-electron chi connectivity index (χ3n) is 2.25. The first kappa shape index (κ1) is 11.2. The minimum Gasteiger partial charge on any atom is -0.267 e. The van der Waals surface area contributed by atoms with Gasteiger partial charge in [0, 0.05) is 17.6 Å². The number of aryl methyl sites for hydroxylation is 1. The summed E-state index contributed by atoms with van der Waals surface area (Å²) < 4.78 is 2.57. The SMILES string of the molecule is Cn1ncc(Br)c1-c1ccc(Cl)cc1C#N. The van der Waals surface area contributed by atoms with Gasteiger partial charge in [0.05, 0.1) is 28.0 Å². The van der Waals surface area contributed by atoms with Gasteiger partial charge in [-0.15, -0.1) is 0 Å². The van der Waals surface area contributed by atoms with Gasteiger partial charge in [0.15, 0.2) is 0 Å². The van der Waals surface area contributed by atoms with E-state index >= 15 is 0 Å². The molecule has 2 aromatic rings. The number of nitrogens with zero attached hydrogens (tertiary/aromatic N) is 3. The van der Waals surface area contributed by atoms with E-state index in [0.29, 0.717) is 10.6 Å².